The third-order valence-electron chi connectivity index (χ3n) is 4.07. The van der Waals surface area contributed by atoms with Crippen molar-refractivity contribution in [2.75, 3.05) is 30.3 Å². The van der Waals surface area contributed by atoms with Crippen LogP contribution in [-0.2, 0) is 14.8 Å². The molecule has 164 valence electrons. The maximum Gasteiger partial charge on any atom is 0.240 e. The molecule has 0 aromatic heterocycles. The number of carbonyl (C=O) groups is 1. The molecule has 0 heterocycles. The molecule has 0 aliphatic rings. The van der Waals surface area contributed by atoms with Crippen molar-refractivity contribution in [1.82, 2.24) is 5.32 Å². The van der Waals surface area contributed by atoms with Crippen molar-refractivity contribution in [3.05, 3.63) is 53.6 Å². The van der Waals surface area contributed by atoms with E-state index in [2.05, 4.69) is 11.4 Å². The molecule has 0 spiro atoms. The number of nitrogens with zero attached hydrogens (tertiary/aromatic N) is 1. The third-order valence-corrected chi connectivity index (χ3v) is 5.21. The van der Waals surface area contributed by atoms with Gasteiger partial charge in [-0.25, -0.2) is 8.42 Å². The van der Waals surface area contributed by atoms with Crippen molar-refractivity contribution < 1.29 is 22.7 Å². The summed E-state index contributed by atoms with van der Waals surface area (Å²) in [5.74, 6) is 0.963. The lowest BCUT2D eigenvalue weighted by Crippen LogP contribution is -2.41. The van der Waals surface area contributed by atoms with E-state index in [1.165, 1.54) is 0 Å². The van der Waals surface area contributed by atoms with Gasteiger partial charge in [0.15, 0.2) is 0 Å². The largest absolute Gasteiger partial charge is 0.492 e. The Labute approximate surface area is 179 Å². The first-order valence-corrected chi connectivity index (χ1v) is 11.6. The standard InChI is InChI=1S/C22H30N2O5S/c1-16(2)29-20-8-6-19(7-9-20)24(30(5,26)27)15-22(25)23-10-11-28-21-13-17(3)12-18(4)14-21/h6-9,12-14,16H,10-11,15H2,1-5H3,(H,23,25). The number of benzene rings is 2. The van der Waals surface area contributed by atoms with E-state index >= 15 is 0 Å². The maximum atomic E-state index is 12.3. The molecule has 30 heavy (non-hydrogen) atoms. The number of aryl methyl sites for hydroxylation is 2. The number of rotatable bonds is 10. The van der Waals surface area contributed by atoms with E-state index in [1.807, 2.05) is 39.8 Å². The number of hydrogen-bond donors (Lipinski definition) is 1. The number of ether oxygens (including phenoxy) is 2. The normalized spacial score (nSPS) is 11.3. The van der Waals surface area contributed by atoms with Gasteiger partial charge < -0.3 is 14.8 Å². The summed E-state index contributed by atoms with van der Waals surface area (Å²) in [5.41, 5.74) is 2.60. The minimum absolute atomic E-state index is 0.0126. The van der Waals surface area contributed by atoms with Crippen molar-refractivity contribution in [2.24, 2.45) is 0 Å². The van der Waals surface area contributed by atoms with Crippen molar-refractivity contribution in [1.29, 1.82) is 0 Å². The zero-order valence-electron chi connectivity index (χ0n) is 18.1. The van der Waals surface area contributed by atoms with Crippen LogP contribution in [0, 0.1) is 13.8 Å². The first kappa shape index (κ1) is 23.5. The Morgan fingerprint density at radius 2 is 1.63 bits per heavy atom. The van der Waals surface area contributed by atoms with Crippen molar-refractivity contribution in [2.45, 2.75) is 33.8 Å². The highest BCUT2D eigenvalue weighted by Gasteiger charge is 2.20. The van der Waals surface area contributed by atoms with Gasteiger partial charge in [-0.05, 0) is 75.2 Å². The van der Waals surface area contributed by atoms with Gasteiger partial charge in [0.25, 0.3) is 0 Å². The molecule has 0 saturated carbocycles. The minimum Gasteiger partial charge on any atom is -0.492 e. The monoisotopic (exact) mass is 434 g/mol. The lowest BCUT2D eigenvalue weighted by atomic mass is 10.1. The van der Waals surface area contributed by atoms with Gasteiger partial charge in [-0.1, -0.05) is 6.07 Å². The van der Waals surface area contributed by atoms with Gasteiger partial charge in [0.05, 0.1) is 24.6 Å². The van der Waals surface area contributed by atoms with E-state index in [0.717, 1.165) is 27.4 Å². The molecule has 0 aliphatic carbocycles. The van der Waals surface area contributed by atoms with Gasteiger partial charge in [-0.15, -0.1) is 0 Å². The average molecular weight is 435 g/mol. The molecule has 0 aliphatic heterocycles. The van der Waals surface area contributed by atoms with Crippen LogP contribution in [0.3, 0.4) is 0 Å². The molecule has 1 N–H and O–H groups in total. The quantitative estimate of drug-likeness (QED) is 0.581. The van der Waals surface area contributed by atoms with Crippen LogP contribution in [-0.4, -0.2) is 46.4 Å². The van der Waals surface area contributed by atoms with Crippen LogP contribution in [0.1, 0.15) is 25.0 Å². The highest BCUT2D eigenvalue weighted by molar-refractivity contribution is 7.92. The number of nitrogens with one attached hydrogen (secondary N) is 1. The first-order valence-electron chi connectivity index (χ1n) is 9.77. The molecule has 0 atom stereocenters. The molecule has 0 bridgehead atoms. The van der Waals surface area contributed by atoms with E-state index in [0.29, 0.717) is 11.4 Å². The van der Waals surface area contributed by atoms with Crippen molar-refractivity contribution in [3.63, 3.8) is 0 Å². The highest BCUT2D eigenvalue weighted by atomic mass is 32.2. The van der Waals surface area contributed by atoms with Gasteiger partial charge >= 0.3 is 0 Å². The average Bonchev–Trinajstić information content (AvgIpc) is 2.62. The molecular formula is C22H30N2O5S. The second-order valence-electron chi connectivity index (χ2n) is 7.45. The van der Waals surface area contributed by atoms with Crippen molar-refractivity contribution in [3.8, 4) is 11.5 Å². The van der Waals surface area contributed by atoms with Gasteiger partial charge in [0, 0.05) is 0 Å². The van der Waals surface area contributed by atoms with Crippen LogP contribution in [0.5, 0.6) is 11.5 Å². The predicted octanol–water partition coefficient (Wildman–Crippen LogP) is 3.05. The van der Waals surface area contributed by atoms with Gasteiger partial charge in [0.1, 0.15) is 24.7 Å². The predicted molar refractivity (Wildman–Crippen MR) is 119 cm³/mol. The molecular weight excluding hydrogens is 404 g/mol. The van der Waals surface area contributed by atoms with Crippen LogP contribution < -0.4 is 19.1 Å². The summed E-state index contributed by atoms with van der Waals surface area (Å²) in [5, 5.41) is 2.70. The van der Waals surface area contributed by atoms with Crippen LogP contribution in [0.2, 0.25) is 0 Å². The fourth-order valence-corrected chi connectivity index (χ4v) is 3.78. The molecule has 2 aromatic rings. The molecule has 8 heteroatoms. The number of amides is 1. The van der Waals surface area contributed by atoms with E-state index in [9.17, 15) is 13.2 Å². The zero-order chi connectivity index (χ0) is 22.3. The lowest BCUT2D eigenvalue weighted by Gasteiger charge is -2.22. The Kier molecular flexibility index (Phi) is 8.11. The molecule has 0 radical (unpaired) electrons. The van der Waals surface area contributed by atoms with E-state index in [4.69, 9.17) is 9.47 Å². The third kappa shape index (κ3) is 7.59. The van der Waals surface area contributed by atoms with Gasteiger partial charge in [-0.3, -0.25) is 9.10 Å². The number of hydrogen-bond acceptors (Lipinski definition) is 5. The molecule has 0 saturated heterocycles. The minimum atomic E-state index is -3.63. The molecule has 1 amide bonds. The van der Waals surface area contributed by atoms with Crippen LogP contribution in [0.25, 0.3) is 0 Å². The van der Waals surface area contributed by atoms with Gasteiger partial charge in [-0.2, -0.15) is 0 Å². The Hall–Kier alpha value is -2.74. The van der Waals surface area contributed by atoms with Crippen LogP contribution in [0.15, 0.2) is 42.5 Å². The Morgan fingerprint density at radius 1 is 1.03 bits per heavy atom. The Balaban J connectivity index is 1.92. The number of anilines is 1. The topological polar surface area (TPSA) is 84.9 Å². The van der Waals surface area contributed by atoms with E-state index in [-0.39, 0.29) is 25.8 Å². The van der Waals surface area contributed by atoms with Crippen LogP contribution >= 0.6 is 0 Å². The number of sulfonamides is 1. The van der Waals surface area contributed by atoms with Gasteiger partial charge in [0.2, 0.25) is 15.9 Å². The van der Waals surface area contributed by atoms with Crippen molar-refractivity contribution >= 4 is 21.6 Å². The highest BCUT2D eigenvalue weighted by Crippen LogP contribution is 2.22. The second-order valence-corrected chi connectivity index (χ2v) is 9.36. The fraction of sp³-hybridized carbons (Fsp3) is 0.409. The maximum absolute atomic E-state index is 12.3. The smallest absolute Gasteiger partial charge is 0.240 e. The Bertz CT molecular complexity index is 936. The second kappa shape index (κ2) is 10.3. The lowest BCUT2D eigenvalue weighted by molar-refractivity contribution is -0.119. The first-order chi connectivity index (χ1) is 14.0. The molecule has 2 aromatic carbocycles. The summed E-state index contributed by atoms with van der Waals surface area (Å²) >= 11 is 0. The van der Waals surface area contributed by atoms with E-state index in [1.54, 1.807) is 24.3 Å². The summed E-state index contributed by atoms with van der Waals surface area (Å²) in [4.78, 5) is 12.3. The SMILES string of the molecule is Cc1cc(C)cc(OCCNC(=O)CN(c2ccc(OC(C)C)cc2)S(C)(=O)=O)c1. The molecule has 0 fully saturated rings. The molecule has 2 rings (SSSR count). The molecule has 0 unspecified atom stereocenters. The number of carbonyl (C=O) groups excluding carboxylic acids is 1. The molecule has 7 nitrogen and oxygen atoms in total. The van der Waals surface area contributed by atoms with Crippen LogP contribution in [0.4, 0.5) is 5.69 Å². The summed E-state index contributed by atoms with van der Waals surface area (Å²) in [6, 6.07) is 12.5. The fourth-order valence-electron chi connectivity index (χ4n) is 2.93. The zero-order valence-corrected chi connectivity index (χ0v) is 19.0. The summed E-state index contributed by atoms with van der Waals surface area (Å²) in [7, 11) is -3.63. The summed E-state index contributed by atoms with van der Waals surface area (Å²) in [6.45, 7) is 8.04. The summed E-state index contributed by atoms with van der Waals surface area (Å²) in [6.07, 6.45) is 1.08. The Morgan fingerprint density at radius 3 is 2.17 bits per heavy atom. The van der Waals surface area contributed by atoms with E-state index < -0.39 is 15.9 Å². The summed E-state index contributed by atoms with van der Waals surface area (Å²) < 4.78 is 36.7.